The molecular weight excluding hydrogens is 388 g/mol. The van der Waals surface area contributed by atoms with Gasteiger partial charge in [0.15, 0.2) is 5.65 Å². The van der Waals surface area contributed by atoms with Gasteiger partial charge in [0, 0.05) is 23.7 Å². The monoisotopic (exact) mass is 420 g/mol. The van der Waals surface area contributed by atoms with Gasteiger partial charge in [-0.2, -0.15) is 0 Å². The molecule has 0 bridgehead atoms. The Labute approximate surface area is 183 Å². The van der Waals surface area contributed by atoms with E-state index in [9.17, 15) is 4.79 Å². The predicted molar refractivity (Wildman–Crippen MR) is 124 cm³/mol. The highest BCUT2D eigenvalue weighted by molar-refractivity contribution is 5.94. The number of hydrogen-bond acceptors (Lipinski definition) is 5. The largest absolute Gasteiger partial charge is 0.366 e. The number of piperidine rings is 1. The molecule has 31 heavy (non-hydrogen) atoms. The number of carbonyl (C=O) groups is 1. The predicted octanol–water partition coefficient (Wildman–Crippen LogP) is 3.68. The van der Waals surface area contributed by atoms with Crippen molar-refractivity contribution >= 4 is 17.4 Å². The molecule has 3 heterocycles. The number of nitrogens with zero attached hydrogens (tertiary/aromatic N) is 4. The summed E-state index contributed by atoms with van der Waals surface area (Å²) in [5, 5.41) is 11.3. The van der Waals surface area contributed by atoms with Gasteiger partial charge >= 0.3 is 0 Å². The second-order valence-corrected chi connectivity index (χ2v) is 8.87. The Balaban J connectivity index is 1.48. The van der Waals surface area contributed by atoms with Gasteiger partial charge in [0.1, 0.15) is 5.82 Å². The molecule has 1 aromatic carbocycles. The zero-order chi connectivity index (χ0) is 21.8. The average molecular weight is 421 g/mol. The molecule has 0 unspecified atom stereocenters. The fourth-order valence-electron chi connectivity index (χ4n) is 3.88. The quantitative estimate of drug-likeness (QED) is 0.610. The van der Waals surface area contributed by atoms with Crippen molar-refractivity contribution in [3.63, 3.8) is 0 Å². The van der Waals surface area contributed by atoms with Crippen LogP contribution in [0.15, 0.2) is 42.6 Å². The summed E-state index contributed by atoms with van der Waals surface area (Å²) in [5.41, 5.74) is 3.36. The number of likely N-dealkylation sites (tertiary alicyclic amines) is 1. The summed E-state index contributed by atoms with van der Waals surface area (Å²) in [6.45, 7) is 7.21. The SMILES string of the molecule is CC(C)CCNC(=O)c1ccc(-c2cnc3ccc(NC4CCN(C)CC4)nn23)cc1. The number of imidazole rings is 1. The van der Waals surface area contributed by atoms with Crippen LogP contribution in [0, 0.1) is 5.92 Å². The summed E-state index contributed by atoms with van der Waals surface area (Å²) in [6.07, 6.45) is 5.05. The van der Waals surface area contributed by atoms with Crippen LogP contribution in [-0.2, 0) is 0 Å². The van der Waals surface area contributed by atoms with Crippen molar-refractivity contribution in [2.45, 2.75) is 39.2 Å². The van der Waals surface area contributed by atoms with Gasteiger partial charge in [0.2, 0.25) is 0 Å². The van der Waals surface area contributed by atoms with Gasteiger partial charge in [-0.05, 0) is 69.6 Å². The van der Waals surface area contributed by atoms with E-state index in [1.54, 1.807) is 0 Å². The zero-order valence-corrected chi connectivity index (χ0v) is 18.6. The number of carbonyl (C=O) groups excluding carboxylic acids is 1. The first-order valence-corrected chi connectivity index (χ1v) is 11.2. The molecule has 164 valence electrons. The van der Waals surface area contributed by atoms with E-state index in [2.05, 4.69) is 41.4 Å². The molecule has 1 fully saturated rings. The molecular formula is C24H32N6O. The molecule has 2 aromatic heterocycles. The lowest BCUT2D eigenvalue weighted by Gasteiger charge is -2.29. The molecule has 7 heteroatoms. The third kappa shape index (κ3) is 5.22. The van der Waals surface area contributed by atoms with Crippen LogP contribution in [0.5, 0.6) is 0 Å². The molecule has 1 aliphatic rings. The number of amides is 1. The lowest BCUT2D eigenvalue weighted by atomic mass is 10.1. The van der Waals surface area contributed by atoms with Crippen molar-refractivity contribution in [1.29, 1.82) is 0 Å². The molecule has 7 nitrogen and oxygen atoms in total. The van der Waals surface area contributed by atoms with Crippen LogP contribution in [0.1, 0.15) is 43.5 Å². The molecule has 1 amide bonds. The Morgan fingerprint density at radius 1 is 1.13 bits per heavy atom. The Morgan fingerprint density at radius 3 is 2.58 bits per heavy atom. The number of benzene rings is 1. The van der Waals surface area contributed by atoms with Crippen LogP contribution in [0.25, 0.3) is 16.9 Å². The van der Waals surface area contributed by atoms with Gasteiger partial charge in [0.05, 0.1) is 11.9 Å². The molecule has 0 saturated carbocycles. The summed E-state index contributed by atoms with van der Waals surface area (Å²) in [7, 11) is 2.17. The first-order chi connectivity index (χ1) is 15.0. The van der Waals surface area contributed by atoms with Crippen molar-refractivity contribution in [3.8, 4) is 11.3 Å². The topological polar surface area (TPSA) is 74.6 Å². The summed E-state index contributed by atoms with van der Waals surface area (Å²) in [4.78, 5) is 19.2. The maximum absolute atomic E-state index is 12.3. The van der Waals surface area contributed by atoms with E-state index in [1.807, 2.05) is 47.1 Å². The van der Waals surface area contributed by atoms with E-state index < -0.39 is 0 Å². The lowest BCUT2D eigenvalue weighted by Crippen LogP contribution is -2.36. The van der Waals surface area contributed by atoms with Crippen LogP contribution in [0.2, 0.25) is 0 Å². The van der Waals surface area contributed by atoms with E-state index in [0.717, 1.165) is 55.1 Å². The number of rotatable bonds is 7. The average Bonchev–Trinajstić information content (AvgIpc) is 3.18. The first-order valence-electron chi connectivity index (χ1n) is 11.2. The normalized spacial score (nSPS) is 15.5. The van der Waals surface area contributed by atoms with Gasteiger partial charge in [-0.3, -0.25) is 4.79 Å². The zero-order valence-electron chi connectivity index (χ0n) is 18.6. The van der Waals surface area contributed by atoms with Gasteiger partial charge in [-0.15, -0.1) is 5.10 Å². The fraction of sp³-hybridized carbons (Fsp3) is 0.458. The first kappa shape index (κ1) is 21.3. The van der Waals surface area contributed by atoms with E-state index in [1.165, 1.54) is 0 Å². The minimum absolute atomic E-state index is 0.0342. The second kappa shape index (κ2) is 9.47. The van der Waals surface area contributed by atoms with Gasteiger partial charge in [0.25, 0.3) is 5.91 Å². The molecule has 2 N–H and O–H groups in total. The molecule has 4 rings (SSSR count). The number of nitrogens with one attached hydrogen (secondary N) is 2. The standard InChI is InChI=1S/C24H32N6O/c1-17(2)10-13-25-24(31)19-6-4-18(5-7-19)21-16-26-23-9-8-22(28-30(21)23)27-20-11-14-29(3)15-12-20/h4-9,16-17,20H,10-15H2,1-3H3,(H,25,31)(H,27,28). The summed E-state index contributed by atoms with van der Waals surface area (Å²) >= 11 is 0. The summed E-state index contributed by atoms with van der Waals surface area (Å²) < 4.78 is 1.87. The van der Waals surface area contributed by atoms with Crippen molar-refractivity contribution in [3.05, 3.63) is 48.2 Å². The molecule has 0 spiro atoms. The Bertz CT molecular complexity index is 1020. The van der Waals surface area contributed by atoms with E-state index >= 15 is 0 Å². The lowest BCUT2D eigenvalue weighted by molar-refractivity contribution is 0.0952. The third-order valence-electron chi connectivity index (χ3n) is 5.88. The van der Waals surface area contributed by atoms with E-state index in [4.69, 9.17) is 5.10 Å². The highest BCUT2D eigenvalue weighted by atomic mass is 16.1. The molecule has 0 aliphatic carbocycles. The van der Waals surface area contributed by atoms with Crippen LogP contribution in [-0.4, -0.2) is 58.1 Å². The molecule has 0 atom stereocenters. The Hall–Kier alpha value is -2.93. The van der Waals surface area contributed by atoms with Crippen molar-refractivity contribution in [2.24, 2.45) is 5.92 Å². The van der Waals surface area contributed by atoms with Crippen LogP contribution in [0.4, 0.5) is 5.82 Å². The number of anilines is 1. The Kier molecular flexibility index (Phi) is 6.51. The van der Waals surface area contributed by atoms with Gasteiger partial charge in [-0.1, -0.05) is 26.0 Å². The summed E-state index contributed by atoms with van der Waals surface area (Å²) in [5.74, 6) is 1.40. The van der Waals surface area contributed by atoms with Crippen molar-refractivity contribution in [2.75, 3.05) is 32.0 Å². The fourth-order valence-corrected chi connectivity index (χ4v) is 3.88. The van der Waals surface area contributed by atoms with Crippen molar-refractivity contribution < 1.29 is 4.79 Å². The minimum Gasteiger partial charge on any atom is -0.366 e. The third-order valence-corrected chi connectivity index (χ3v) is 5.88. The van der Waals surface area contributed by atoms with Crippen LogP contribution >= 0.6 is 0 Å². The minimum atomic E-state index is -0.0342. The van der Waals surface area contributed by atoms with Gasteiger partial charge < -0.3 is 15.5 Å². The Morgan fingerprint density at radius 2 is 1.87 bits per heavy atom. The molecule has 3 aromatic rings. The highest BCUT2D eigenvalue weighted by Crippen LogP contribution is 2.22. The smallest absolute Gasteiger partial charge is 0.251 e. The summed E-state index contributed by atoms with van der Waals surface area (Å²) in [6, 6.07) is 12.1. The number of aromatic nitrogens is 3. The number of fused-ring (bicyclic) bond motifs is 1. The van der Waals surface area contributed by atoms with Crippen LogP contribution in [0.3, 0.4) is 0 Å². The van der Waals surface area contributed by atoms with Crippen molar-refractivity contribution in [1.82, 2.24) is 24.8 Å². The highest BCUT2D eigenvalue weighted by Gasteiger charge is 2.17. The van der Waals surface area contributed by atoms with E-state index in [-0.39, 0.29) is 5.91 Å². The maximum atomic E-state index is 12.3. The van der Waals surface area contributed by atoms with Gasteiger partial charge in [-0.25, -0.2) is 9.50 Å². The molecule has 1 aliphatic heterocycles. The van der Waals surface area contributed by atoms with Crippen LogP contribution < -0.4 is 10.6 Å². The molecule has 1 saturated heterocycles. The maximum Gasteiger partial charge on any atom is 0.251 e. The second-order valence-electron chi connectivity index (χ2n) is 8.87. The molecule has 0 radical (unpaired) electrons. The van der Waals surface area contributed by atoms with E-state index in [0.29, 0.717) is 24.1 Å². The number of hydrogen-bond donors (Lipinski definition) is 2.